The van der Waals surface area contributed by atoms with Crippen LogP contribution in [0.4, 0.5) is 5.82 Å². The molecule has 1 saturated carbocycles. The molecule has 1 N–H and O–H groups in total. The molecule has 1 aliphatic heterocycles. The first kappa shape index (κ1) is 18.7. The highest BCUT2D eigenvalue weighted by molar-refractivity contribution is 5.97. The number of amides is 2. The summed E-state index contributed by atoms with van der Waals surface area (Å²) in [5.74, 6) is 0.376. The third kappa shape index (κ3) is 3.68. The minimum Gasteiger partial charge on any atom is -0.339 e. The number of hydrogen-bond acceptors (Lipinski definition) is 3. The molecular weight excluding hydrogens is 352 g/mol. The van der Waals surface area contributed by atoms with Gasteiger partial charge in [-0.25, -0.2) is 4.68 Å². The Labute approximate surface area is 165 Å². The standard InChI is InChI=1S/C22H28N4O2/c1-14-8-15(2)10-19(9-14)26-20(11-16(3)24-26)23-22(28)17-12-21(27)25(13-17)18-6-4-5-7-18/h8-11,17-18H,4-7,12-13H2,1-3H3,(H,23,28). The van der Waals surface area contributed by atoms with Crippen LogP contribution in [-0.2, 0) is 9.59 Å². The van der Waals surface area contributed by atoms with E-state index >= 15 is 0 Å². The van der Waals surface area contributed by atoms with Crippen molar-refractivity contribution in [3.05, 3.63) is 41.1 Å². The van der Waals surface area contributed by atoms with Crippen molar-refractivity contribution in [2.75, 3.05) is 11.9 Å². The number of nitrogens with one attached hydrogen (secondary N) is 1. The quantitative estimate of drug-likeness (QED) is 0.882. The number of carbonyl (C=O) groups is 2. The average molecular weight is 380 g/mol. The van der Waals surface area contributed by atoms with Crippen molar-refractivity contribution < 1.29 is 9.59 Å². The second-order valence-corrected chi connectivity index (χ2v) is 8.30. The minimum absolute atomic E-state index is 0.0978. The molecule has 6 heteroatoms. The summed E-state index contributed by atoms with van der Waals surface area (Å²) in [6.45, 7) is 6.54. The van der Waals surface area contributed by atoms with Crippen LogP contribution < -0.4 is 5.32 Å². The zero-order chi connectivity index (χ0) is 19.8. The number of carbonyl (C=O) groups excluding carboxylic acids is 2. The normalized spacial score (nSPS) is 20.2. The highest BCUT2D eigenvalue weighted by Crippen LogP contribution is 2.30. The number of hydrogen-bond donors (Lipinski definition) is 1. The molecule has 0 spiro atoms. The van der Waals surface area contributed by atoms with Gasteiger partial charge in [0.15, 0.2) is 0 Å². The van der Waals surface area contributed by atoms with E-state index in [1.807, 2.05) is 31.7 Å². The second kappa shape index (κ2) is 7.41. The van der Waals surface area contributed by atoms with Gasteiger partial charge in [-0.1, -0.05) is 18.9 Å². The number of aryl methyl sites for hydroxylation is 3. The maximum absolute atomic E-state index is 12.9. The van der Waals surface area contributed by atoms with E-state index in [1.165, 1.54) is 12.8 Å². The predicted molar refractivity (Wildman–Crippen MR) is 108 cm³/mol. The molecular formula is C22H28N4O2. The maximum atomic E-state index is 12.9. The monoisotopic (exact) mass is 380 g/mol. The third-order valence-corrected chi connectivity index (χ3v) is 5.83. The molecule has 6 nitrogen and oxygen atoms in total. The van der Waals surface area contributed by atoms with Crippen LogP contribution in [0.1, 0.15) is 48.9 Å². The van der Waals surface area contributed by atoms with E-state index in [0.717, 1.165) is 35.3 Å². The summed E-state index contributed by atoms with van der Waals surface area (Å²) in [5, 5.41) is 7.59. The van der Waals surface area contributed by atoms with Crippen LogP contribution >= 0.6 is 0 Å². The molecule has 1 aromatic heterocycles. The number of nitrogens with zero attached hydrogens (tertiary/aromatic N) is 3. The first-order valence-corrected chi connectivity index (χ1v) is 10.2. The molecule has 2 amide bonds. The van der Waals surface area contributed by atoms with Gasteiger partial charge in [-0.05, 0) is 56.9 Å². The SMILES string of the molecule is Cc1cc(C)cc(-n2nc(C)cc2NC(=O)C2CC(=O)N(C3CCCC3)C2)c1. The van der Waals surface area contributed by atoms with Gasteiger partial charge in [0.05, 0.1) is 17.3 Å². The van der Waals surface area contributed by atoms with Gasteiger partial charge in [-0.2, -0.15) is 5.10 Å². The first-order chi connectivity index (χ1) is 13.4. The molecule has 2 aromatic rings. The Hall–Kier alpha value is -2.63. The maximum Gasteiger partial charge on any atom is 0.230 e. The van der Waals surface area contributed by atoms with E-state index in [1.54, 1.807) is 4.68 Å². The van der Waals surface area contributed by atoms with Gasteiger partial charge in [0, 0.05) is 25.1 Å². The fraction of sp³-hybridized carbons (Fsp3) is 0.500. The molecule has 2 heterocycles. The molecule has 0 bridgehead atoms. The third-order valence-electron chi connectivity index (χ3n) is 5.83. The van der Waals surface area contributed by atoms with E-state index in [2.05, 4.69) is 28.6 Å². The number of aromatic nitrogens is 2. The lowest BCUT2D eigenvalue weighted by Gasteiger charge is -2.23. The molecule has 2 aliphatic rings. The Morgan fingerprint density at radius 3 is 2.43 bits per heavy atom. The Bertz CT molecular complexity index is 891. The Morgan fingerprint density at radius 1 is 1.07 bits per heavy atom. The molecule has 1 aliphatic carbocycles. The summed E-state index contributed by atoms with van der Waals surface area (Å²) in [7, 11) is 0. The predicted octanol–water partition coefficient (Wildman–Crippen LogP) is 3.53. The van der Waals surface area contributed by atoms with Crippen LogP contribution in [0.2, 0.25) is 0 Å². The van der Waals surface area contributed by atoms with Crippen LogP contribution in [0, 0.1) is 26.7 Å². The lowest BCUT2D eigenvalue weighted by molar-refractivity contribution is -0.129. The van der Waals surface area contributed by atoms with Crippen molar-refractivity contribution in [3.8, 4) is 5.69 Å². The molecule has 4 rings (SSSR count). The smallest absolute Gasteiger partial charge is 0.230 e. The van der Waals surface area contributed by atoms with Gasteiger partial charge in [0.1, 0.15) is 5.82 Å². The van der Waals surface area contributed by atoms with Gasteiger partial charge in [0.25, 0.3) is 0 Å². The molecule has 1 unspecified atom stereocenters. The highest BCUT2D eigenvalue weighted by atomic mass is 16.2. The molecule has 1 atom stereocenters. The zero-order valence-corrected chi connectivity index (χ0v) is 16.9. The number of anilines is 1. The molecule has 2 fully saturated rings. The van der Waals surface area contributed by atoms with Crippen LogP contribution in [0.5, 0.6) is 0 Å². The summed E-state index contributed by atoms with van der Waals surface area (Å²) >= 11 is 0. The zero-order valence-electron chi connectivity index (χ0n) is 16.9. The van der Waals surface area contributed by atoms with Crippen LogP contribution in [0.15, 0.2) is 24.3 Å². The molecule has 28 heavy (non-hydrogen) atoms. The van der Waals surface area contributed by atoms with E-state index < -0.39 is 0 Å². The molecule has 148 valence electrons. The van der Waals surface area contributed by atoms with Gasteiger partial charge in [-0.15, -0.1) is 0 Å². The van der Waals surface area contributed by atoms with E-state index in [9.17, 15) is 9.59 Å². The fourth-order valence-electron chi connectivity index (χ4n) is 4.56. The summed E-state index contributed by atoms with van der Waals surface area (Å²) < 4.78 is 1.78. The van der Waals surface area contributed by atoms with Crippen LogP contribution in [0.25, 0.3) is 5.69 Å². The highest BCUT2D eigenvalue weighted by Gasteiger charge is 2.38. The van der Waals surface area contributed by atoms with Gasteiger partial charge in [-0.3, -0.25) is 9.59 Å². The summed E-state index contributed by atoms with van der Waals surface area (Å²) in [6.07, 6.45) is 4.80. The molecule has 1 saturated heterocycles. The van der Waals surface area contributed by atoms with Crippen molar-refractivity contribution >= 4 is 17.6 Å². The Kier molecular flexibility index (Phi) is 4.96. The van der Waals surface area contributed by atoms with Crippen LogP contribution in [-0.4, -0.2) is 39.1 Å². The Morgan fingerprint density at radius 2 is 1.75 bits per heavy atom. The largest absolute Gasteiger partial charge is 0.339 e. The Balaban J connectivity index is 1.52. The average Bonchev–Trinajstić information content (AvgIpc) is 3.34. The summed E-state index contributed by atoms with van der Waals surface area (Å²) in [6, 6.07) is 8.42. The van der Waals surface area contributed by atoms with Crippen molar-refractivity contribution in [2.45, 2.75) is 58.9 Å². The van der Waals surface area contributed by atoms with Gasteiger partial charge in [0.2, 0.25) is 11.8 Å². The molecule has 1 aromatic carbocycles. The van der Waals surface area contributed by atoms with Crippen molar-refractivity contribution in [1.29, 1.82) is 0 Å². The lowest BCUT2D eigenvalue weighted by Crippen LogP contribution is -2.35. The van der Waals surface area contributed by atoms with Crippen molar-refractivity contribution in [2.24, 2.45) is 5.92 Å². The van der Waals surface area contributed by atoms with Crippen molar-refractivity contribution in [1.82, 2.24) is 14.7 Å². The minimum atomic E-state index is -0.295. The van der Waals surface area contributed by atoms with E-state index in [4.69, 9.17) is 0 Å². The summed E-state index contributed by atoms with van der Waals surface area (Å²) in [4.78, 5) is 27.3. The van der Waals surface area contributed by atoms with E-state index in [-0.39, 0.29) is 17.7 Å². The van der Waals surface area contributed by atoms with Gasteiger partial charge >= 0.3 is 0 Å². The van der Waals surface area contributed by atoms with E-state index in [0.29, 0.717) is 24.8 Å². The first-order valence-electron chi connectivity index (χ1n) is 10.2. The lowest BCUT2D eigenvalue weighted by atomic mass is 10.1. The number of rotatable bonds is 4. The topological polar surface area (TPSA) is 67.2 Å². The van der Waals surface area contributed by atoms with Crippen molar-refractivity contribution in [3.63, 3.8) is 0 Å². The summed E-state index contributed by atoms with van der Waals surface area (Å²) in [5.41, 5.74) is 4.06. The van der Waals surface area contributed by atoms with Crippen LogP contribution in [0.3, 0.4) is 0 Å². The van der Waals surface area contributed by atoms with Gasteiger partial charge < -0.3 is 10.2 Å². The fourth-order valence-corrected chi connectivity index (χ4v) is 4.56. The number of likely N-dealkylation sites (tertiary alicyclic amines) is 1. The number of benzene rings is 1. The second-order valence-electron chi connectivity index (χ2n) is 8.30. The molecule has 0 radical (unpaired) electrons.